The Morgan fingerprint density at radius 2 is 1.00 bits per heavy atom. The molecule has 0 saturated carbocycles. The average molecular weight is 411 g/mol. The minimum Gasteiger partial charge on any atom is -0.458 e. The summed E-state index contributed by atoms with van der Waals surface area (Å²) in [6.07, 6.45) is 4.44. The predicted octanol–water partition coefficient (Wildman–Crippen LogP) is 6.45. The minimum atomic E-state index is -0.320. The lowest BCUT2D eigenvalue weighted by molar-refractivity contribution is -0.0406. The van der Waals surface area contributed by atoms with E-state index in [1.165, 1.54) is 0 Å². The number of carbonyl (C=O) groups excluding carboxylic acids is 2. The van der Waals surface area contributed by atoms with Crippen LogP contribution in [-0.2, 0) is 9.47 Å². The van der Waals surface area contributed by atoms with Crippen LogP contribution in [0.1, 0.15) is 80.0 Å². The first kappa shape index (κ1) is 23.7. The maximum atomic E-state index is 12.7. The second-order valence-electron chi connectivity index (χ2n) is 7.65. The number of hydrogen-bond acceptors (Lipinski definition) is 4. The third-order valence-corrected chi connectivity index (χ3v) is 5.26. The summed E-state index contributed by atoms with van der Waals surface area (Å²) in [5.74, 6) is -0.671. The first-order valence-corrected chi connectivity index (χ1v) is 11.1. The Balaban J connectivity index is 2.22. The Morgan fingerprint density at radius 1 is 0.633 bits per heavy atom. The Kier molecular flexibility index (Phi) is 10.1. The van der Waals surface area contributed by atoms with Crippen LogP contribution in [0.15, 0.2) is 60.7 Å². The third-order valence-electron chi connectivity index (χ3n) is 5.26. The summed E-state index contributed by atoms with van der Waals surface area (Å²) in [5, 5.41) is 0. The maximum absolute atomic E-state index is 12.7. The molecule has 2 atom stereocenters. The molecule has 0 saturated heterocycles. The standard InChI is InChI=1S/C26H34O4/c1-4-13-22(23(14-5-2)29-25(27)20-16-9-7-10-17-20)24(15-6-3)30-26(28)21-18-11-8-12-19-21/h7-12,16-19,22-24H,4-6,13-15H2,1-3H3. The monoisotopic (exact) mass is 410 g/mol. The number of rotatable bonds is 12. The zero-order chi connectivity index (χ0) is 21.8. The molecular weight excluding hydrogens is 376 g/mol. The van der Waals surface area contributed by atoms with Crippen LogP contribution in [0, 0.1) is 5.92 Å². The van der Waals surface area contributed by atoms with Gasteiger partial charge in [-0.05, 0) is 43.5 Å². The summed E-state index contributed by atoms with van der Waals surface area (Å²) in [4.78, 5) is 25.5. The van der Waals surface area contributed by atoms with Gasteiger partial charge in [0, 0.05) is 5.92 Å². The van der Waals surface area contributed by atoms with E-state index in [4.69, 9.17) is 9.47 Å². The minimum absolute atomic E-state index is 0.0322. The van der Waals surface area contributed by atoms with Crippen LogP contribution >= 0.6 is 0 Å². The van der Waals surface area contributed by atoms with E-state index in [1.807, 2.05) is 36.4 Å². The van der Waals surface area contributed by atoms with Crippen LogP contribution < -0.4 is 0 Å². The first-order valence-electron chi connectivity index (χ1n) is 11.1. The van der Waals surface area contributed by atoms with Gasteiger partial charge < -0.3 is 9.47 Å². The molecule has 4 nitrogen and oxygen atoms in total. The van der Waals surface area contributed by atoms with Crippen LogP contribution in [-0.4, -0.2) is 24.1 Å². The van der Waals surface area contributed by atoms with E-state index in [-0.39, 0.29) is 30.1 Å². The van der Waals surface area contributed by atoms with E-state index in [9.17, 15) is 9.59 Å². The number of carbonyl (C=O) groups is 2. The molecule has 0 aliphatic heterocycles. The van der Waals surface area contributed by atoms with Gasteiger partial charge in [0.15, 0.2) is 0 Å². The summed E-state index contributed by atoms with van der Waals surface area (Å²) < 4.78 is 12.0. The highest BCUT2D eigenvalue weighted by Crippen LogP contribution is 2.29. The van der Waals surface area contributed by atoms with Crippen molar-refractivity contribution in [3.63, 3.8) is 0 Å². The highest BCUT2D eigenvalue weighted by molar-refractivity contribution is 5.90. The average Bonchev–Trinajstić information content (AvgIpc) is 2.78. The van der Waals surface area contributed by atoms with Crippen LogP contribution in [0.25, 0.3) is 0 Å². The summed E-state index contributed by atoms with van der Waals surface area (Å²) in [5.41, 5.74) is 1.09. The molecule has 0 aliphatic rings. The van der Waals surface area contributed by atoms with E-state index >= 15 is 0 Å². The van der Waals surface area contributed by atoms with Gasteiger partial charge in [-0.15, -0.1) is 0 Å². The lowest BCUT2D eigenvalue weighted by Gasteiger charge is -2.33. The second-order valence-corrected chi connectivity index (χ2v) is 7.65. The Morgan fingerprint density at radius 3 is 1.33 bits per heavy atom. The maximum Gasteiger partial charge on any atom is 0.338 e. The van der Waals surface area contributed by atoms with Crippen molar-refractivity contribution in [2.45, 2.75) is 71.5 Å². The fraction of sp³-hybridized carbons (Fsp3) is 0.462. The fourth-order valence-corrected chi connectivity index (χ4v) is 3.79. The molecule has 0 aliphatic carbocycles. The van der Waals surface area contributed by atoms with Crippen LogP contribution in [0.4, 0.5) is 0 Å². The van der Waals surface area contributed by atoms with E-state index in [2.05, 4.69) is 20.8 Å². The molecule has 2 rings (SSSR count). The smallest absolute Gasteiger partial charge is 0.338 e. The second kappa shape index (κ2) is 12.8. The molecular formula is C26H34O4. The quantitative estimate of drug-likeness (QED) is 0.377. The number of benzene rings is 2. The van der Waals surface area contributed by atoms with E-state index < -0.39 is 0 Å². The molecule has 0 radical (unpaired) electrons. The Hall–Kier alpha value is -2.62. The largest absolute Gasteiger partial charge is 0.458 e. The van der Waals surface area contributed by atoms with Crippen molar-refractivity contribution < 1.29 is 19.1 Å². The normalized spacial score (nSPS) is 13.8. The van der Waals surface area contributed by atoms with Crippen molar-refractivity contribution in [1.82, 2.24) is 0 Å². The lowest BCUT2D eigenvalue weighted by Crippen LogP contribution is -2.38. The van der Waals surface area contributed by atoms with Gasteiger partial charge in [0.2, 0.25) is 0 Å². The van der Waals surface area contributed by atoms with Gasteiger partial charge in [0.1, 0.15) is 12.2 Å². The molecule has 0 spiro atoms. The number of hydrogen-bond donors (Lipinski definition) is 0. The zero-order valence-corrected chi connectivity index (χ0v) is 18.4. The number of ether oxygens (including phenoxy) is 2. The lowest BCUT2D eigenvalue weighted by atomic mass is 9.86. The molecule has 0 heterocycles. The molecule has 4 heteroatoms. The molecule has 0 aromatic heterocycles. The van der Waals surface area contributed by atoms with Crippen molar-refractivity contribution in [1.29, 1.82) is 0 Å². The third kappa shape index (κ3) is 7.01. The summed E-state index contributed by atoms with van der Waals surface area (Å²) in [6.45, 7) is 6.27. The first-order chi connectivity index (χ1) is 14.6. The molecule has 30 heavy (non-hydrogen) atoms. The molecule has 2 unspecified atom stereocenters. The molecule has 162 valence electrons. The van der Waals surface area contributed by atoms with Gasteiger partial charge in [-0.25, -0.2) is 9.59 Å². The van der Waals surface area contributed by atoms with Gasteiger partial charge >= 0.3 is 11.9 Å². The highest BCUT2D eigenvalue weighted by Gasteiger charge is 2.33. The van der Waals surface area contributed by atoms with Crippen molar-refractivity contribution in [2.75, 3.05) is 0 Å². The highest BCUT2D eigenvalue weighted by atomic mass is 16.6. The van der Waals surface area contributed by atoms with E-state index in [1.54, 1.807) is 24.3 Å². The van der Waals surface area contributed by atoms with E-state index in [0.717, 1.165) is 38.5 Å². The predicted molar refractivity (Wildman–Crippen MR) is 120 cm³/mol. The number of esters is 2. The molecule has 2 aromatic rings. The molecule has 0 amide bonds. The molecule has 0 fully saturated rings. The fourth-order valence-electron chi connectivity index (χ4n) is 3.79. The van der Waals surface area contributed by atoms with Crippen molar-refractivity contribution in [2.24, 2.45) is 5.92 Å². The van der Waals surface area contributed by atoms with Crippen LogP contribution in [0.5, 0.6) is 0 Å². The van der Waals surface area contributed by atoms with Gasteiger partial charge in [0.05, 0.1) is 11.1 Å². The summed E-state index contributed by atoms with van der Waals surface area (Å²) >= 11 is 0. The molecule has 0 bridgehead atoms. The SMILES string of the molecule is CCCC(OC(=O)c1ccccc1)C(CCC)C(CCC)OC(=O)c1ccccc1. The Labute approximate surface area is 180 Å². The van der Waals surface area contributed by atoms with Crippen molar-refractivity contribution in [3.8, 4) is 0 Å². The van der Waals surface area contributed by atoms with Crippen LogP contribution in [0.3, 0.4) is 0 Å². The van der Waals surface area contributed by atoms with Gasteiger partial charge in [-0.2, -0.15) is 0 Å². The Bertz CT molecular complexity index is 694. The van der Waals surface area contributed by atoms with Gasteiger partial charge in [-0.3, -0.25) is 0 Å². The molecule has 0 N–H and O–H groups in total. The van der Waals surface area contributed by atoms with E-state index in [0.29, 0.717) is 11.1 Å². The van der Waals surface area contributed by atoms with Crippen LogP contribution in [0.2, 0.25) is 0 Å². The van der Waals surface area contributed by atoms with Crippen molar-refractivity contribution >= 4 is 11.9 Å². The zero-order valence-electron chi connectivity index (χ0n) is 18.4. The van der Waals surface area contributed by atoms with Crippen molar-refractivity contribution in [3.05, 3.63) is 71.8 Å². The van der Waals surface area contributed by atoms with Gasteiger partial charge in [-0.1, -0.05) is 76.4 Å². The summed E-state index contributed by atoms with van der Waals surface area (Å²) in [7, 11) is 0. The van der Waals surface area contributed by atoms with Gasteiger partial charge in [0.25, 0.3) is 0 Å². The topological polar surface area (TPSA) is 52.6 Å². The summed E-state index contributed by atoms with van der Waals surface area (Å²) in [6, 6.07) is 18.1. The molecule has 2 aromatic carbocycles.